The molecule has 1 heterocycles. The molecule has 1 aliphatic heterocycles. The quantitative estimate of drug-likeness (QED) is 0.790. The van der Waals surface area contributed by atoms with Crippen molar-refractivity contribution in [1.82, 2.24) is 4.72 Å². The lowest BCUT2D eigenvalue weighted by Crippen LogP contribution is -2.40. The second kappa shape index (κ2) is 6.42. The molecule has 1 aromatic rings. The van der Waals surface area contributed by atoms with Crippen LogP contribution in [-0.4, -0.2) is 45.9 Å². The maximum Gasteiger partial charge on any atom is 0.341 e. The van der Waals surface area contributed by atoms with Crippen molar-refractivity contribution in [2.75, 3.05) is 20.3 Å². The summed E-state index contributed by atoms with van der Waals surface area (Å²) in [7, 11) is -2.64. The van der Waals surface area contributed by atoms with Gasteiger partial charge in [-0.25, -0.2) is 17.9 Å². The molecular weight excluding hydrogens is 298 g/mol. The molecule has 1 unspecified atom stereocenters. The first kappa shape index (κ1) is 15.7. The molecule has 1 aliphatic rings. The number of hydrogen-bond donors (Lipinski definition) is 2. The van der Waals surface area contributed by atoms with Crippen molar-refractivity contribution in [3.63, 3.8) is 0 Å². The highest BCUT2D eigenvalue weighted by Gasteiger charge is 2.24. The van der Waals surface area contributed by atoms with Crippen LogP contribution in [0, 0.1) is 0 Å². The highest BCUT2D eigenvalue weighted by molar-refractivity contribution is 7.89. The van der Waals surface area contributed by atoms with Gasteiger partial charge < -0.3 is 14.6 Å². The number of rotatable bonds is 4. The van der Waals surface area contributed by atoms with Crippen LogP contribution in [0.5, 0.6) is 5.75 Å². The Morgan fingerprint density at radius 1 is 1.48 bits per heavy atom. The third-order valence-electron chi connectivity index (χ3n) is 3.17. The van der Waals surface area contributed by atoms with E-state index >= 15 is 0 Å². The second-order valence-corrected chi connectivity index (χ2v) is 6.42. The molecule has 0 amide bonds. The van der Waals surface area contributed by atoms with Crippen LogP contribution in [0.25, 0.3) is 0 Å². The van der Waals surface area contributed by atoms with Crippen LogP contribution >= 0.6 is 0 Å². The van der Waals surface area contributed by atoms with Crippen molar-refractivity contribution in [2.24, 2.45) is 0 Å². The van der Waals surface area contributed by atoms with Gasteiger partial charge in [0.1, 0.15) is 11.3 Å². The van der Waals surface area contributed by atoms with Gasteiger partial charge in [0.15, 0.2) is 0 Å². The molecular formula is C13H17NO6S. The number of nitrogens with one attached hydrogen (secondary N) is 1. The van der Waals surface area contributed by atoms with Crippen molar-refractivity contribution in [1.29, 1.82) is 0 Å². The predicted molar refractivity (Wildman–Crippen MR) is 73.6 cm³/mol. The summed E-state index contributed by atoms with van der Waals surface area (Å²) in [5.41, 5.74) is -0.194. The van der Waals surface area contributed by atoms with Gasteiger partial charge in [-0.2, -0.15) is 0 Å². The highest BCUT2D eigenvalue weighted by Crippen LogP contribution is 2.22. The Balaban J connectivity index is 2.25. The molecule has 0 spiro atoms. The first-order valence-corrected chi connectivity index (χ1v) is 7.94. The lowest BCUT2D eigenvalue weighted by atomic mass is 10.1. The number of hydrogen-bond acceptors (Lipinski definition) is 6. The summed E-state index contributed by atoms with van der Waals surface area (Å²) in [5.74, 6) is -1.13. The van der Waals surface area contributed by atoms with Crippen LogP contribution in [0.3, 0.4) is 0 Å². The van der Waals surface area contributed by atoms with E-state index in [1.807, 2.05) is 0 Å². The number of sulfonamides is 1. The van der Waals surface area contributed by atoms with Crippen LogP contribution in [0.4, 0.5) is 0 Å². The number of esters is 1. The normalized spacial score (nSPS) is 19.2. The molecule has 0 aromatic heterocycles. The number of benzene rings is 1. The number of methoxy groups -OCH3 is 1. The Hall–Kier alpha value is -1.64. The van der Waals surface area contributed by atoms with E-state index in [-0.39, 0.29) is 22.3 Å². The summed E-state index contributed by atoms with van der Waals surface area (Å²) in [4.78, 5) is 11.4. The fourth-order valence-electron chi connectivity index (χ4n) is 2.08. The van der Waals surface area contributed by atoms with Crippen LogP contribution < -0.4 is 4.72 Å². The molecule has 1 fully saturated rings. The Bertz CT molecular complexity index is 622. The molecule has 0 radical (unpaired) electrons. The zero-order valence-electron chi connectivity index (χ0n) is 11.5. The summed E-state index contributed by atoms with van der Waals surface area (Å²) in [6.45, 7) is 0.950. The molecule has 21 heavy (non-hydrogen) atoms. The maximum absolute atomic E-state index is 12.3. The highest BCUT2D eigenvalue weighted by atomic mass is 32.2. The first-order valence-electron chi connectivity index (χ1n) is 6.45. The molecule has 7 nitrogen and oxygen atoms in total. The van der Waals surface area contributed by atoms with E-state index in [4.69, 9.17) is 4.74 Å². The number of aromatic hydroxyl groups is 1. The van der Waals surface area contributed by atoms with Crippen molar-refractivity contribution >= 4 is 16.0 Å². The molecule has 1 atom stereocenters. The van der Waals surface area contributed by atoms with Gasteiger partial charge in [-0.3, -0.25) is 0 Å². The Morgan fingerprint density at radius 2 is 2.24 bits per heavy atom. The molecule has 2 N–H and O–H groups in total. The van der Waals surface area contributed by atoms with Crippen LogP contribution in [0.2, 0.25) is 0 Å². The molecule has 0 saturated carbocycles. The summed E-state index contributed by atoms with van der Waals surface area (Å²) in [6, 6.07) is 3.18. The minimum atomic E-state index is -3.79. The summed E-state index contributed by atoms with van der Waals surface area (Å²) < 4.78 is 36.8. The first-order chi connectivity index (χ1) is 9.94. The van der Waals surface area contributed by atoms with Gasteiger partial charge in [0.25, 0.3) is 0 Å². The van der Waals surface area contributed by atoms with Crippen molar-refractivity contribution in [3.05, 3.63) is 23.8 Å². The van der Waals surface area contributed by atoms with Gasteiger partial charge in [-0.15, -0.1) is 0 Å². The topological polar surface area (TPSA) is 102 Å². The second-order valence-electron chi connectivity index (χ2n) is 4.71. The molecule has 0 bridgehead atoms. The fraction of sp³-hybridized carbons (Fsp3) is 0.462. The molecule has 8 heteroatoms. The number of ether oxygens (including phenoxy) is 2. The van der Waals surface area contributed by atoms with Crippen molar-refractivity contribution in [2.45, 2.75) is 23.8 Å². The average Bonchev–Trinajstić information content (AvgIpc) is 2.47. The van der Waals surface area contributed by atoms with E-state index in [0.717, 1.165) is 25.7 Å². The summed E-state index contributed by atoms with van der Waals surface area (Å²) in [6.07, 6.45) is 1.48. The fourth-order valence-corrected chi connectivity index (χ4v) is 3.36. The molecule has 0 aliphatic carbocycles. The van der Waals surface area contributed by atoms with E-state index in [2.05, 4.69) is 9.46 Å². The minimum absolute atomic E-state index is 0.105. The number of carbonyl (C=O) groups is 1. The Labute approximate surface area is 122 Å². The van der Waals surface area contributed by atoms with Gasteiger partial charge in [0, 0.05) is 12.6 Å². The van der Waals surface area contributed by atoms with E-state index < -0.39 is 16.0 Å². The minimum Gasteiger partial charge on any atom is -0.507 e. The zero-order valence-corrected chi connectivity index (χ0v) is 12.4. The standard InChI is InChI=1S/C13H17NO6S/c1-19-13(16)11-7-10(4-5-12(11)15)21(17,18)14-9-3-2-6-20-8-9/h4-5,7,9,14-15H,2-3,6,8H2,1H3. The third kappa shape index (κ3) is 3.72. The van der Waals surface area contributed by atoms with Crippen molar-refractivity contribution < 1.29 is 27.8 Å². The molecule has 116 valence electrons. The van der Waals surface area contributed by atoms with Crippen LogP contribution in [0.1, 0.15) is 23.2 Å². The smallest absolute Gasteiger partial charge is 0.341 e. The number of phenols is 1. The predicted octanol–water partition coefficient (Wildman–Crippen LogP) is 0.636. The third-order valence-corrected chi connectivity index (χ3v) is 4.68. The van der Waals surface area contributed by atoms with Crippen LogP contribution in [0.15, 0.2) is 23.1 Å². The maximum atomic E-state index is 12.3. The monoisotopic (exact) mass is 315 g/mol. The summed E-state index contributed by atoms with van der Waals surface area (Å²) in [5, 5.41) is 9.59. The largest absolute Gasteiger partial charge is 0.507 e. The van der Waals surface area contributed by atoms with Gasteiger partial charge in [-0.1, -0.05) is 0 Å². The van der Waals surface area contributed by atoms with Gasteiger partial charge >= 0.3 is 5.97 Å². The SMILES string of the molecule is COC(=O)c1cc(S(=O)(=O)NC2CCCOC2)ccc1O. The summed E-state index contributed by atoms with van der Waals surface area (Å²) >= 11 is 0. The van der Waals surface area contributed by atoms with Gasteiger partial charge in [-0.05, 0) is 31.0 Å². The molecule has 1 aromatic carbocycles. The zero-order chi connectivity index (χ0) is 15.5. The average molecular weight is 315 g/mol. The number of phenolic OH excluding ortho intramolecular Hbond substituents is 1. The van der Waals surface area contributed by atoms with E-state index in [0.29, 0.717) is 19.6 Å². The van der Waals surface area contributed by atoms with Crippen LogP contribution in [-0.2, 0) is 19.5 Å². The van der Waals surface area contributed by atoms with Gasteiger partial charge in [0.2, 0.25) is 10.0 Å². The Morgan fingerprint density at radius 3 is 2.86 bits per heavy atom. The molecule has 1 saturated heterocycles. The lowest BCUT2D eigenvalue weighted by Gasteiger charge is -2.23. The lowest BCUT2D eigenvalue weighted by molar-refractivity contribution is 0.0597. The number of carbonyl (C=O) groups excluding carboxylic acids is 1. The van der Waals surface area contributed by atoms with Gasteiger partial charge in [0.05, 0.1) is 18.6 Å². The van der Waals surface area contributed by atoms with E-state index in [1.165, 1.54) is 6.07 Å². The van der Waals surface area contributed by atoms with E-state index in [9.17, 15) is 18.3 Å². The molecule has 2 rings (SSSR count). The van der Waals surface area contributed by atoms with Crippen molar-refractivity contribution in [3.8, 4) is 5.75 Å². The Kier molecular flexibility index (Phi) is 4.81. The van der Waals surface area contributed by atoms with E-state index in [1.54, 1.807) is 0 Å².